The van der Waals surface area contributed by atoms with Gasteiger partial charge in [0.2, 0.25) is 0 Å². The van der Waals surface area contributed by atoms with Gasteiger partial charge < -0.3 is 10.4 Å². The summed E-state index contributed by atoms with van der Waals surface area (Å²) in [6.45, 7) is 3.26. The highest BCUT2D eigenvalue weighted by molar-refractivity contribution is 7.89. The molecule has 0 atom stereocenters. The van der Waals surface area contributed by atoms with Gasteiger partial charge in [-0.05, 0) is 31.5 Å². The summed E-state index contributed by atoms with van der Waals surface area (Å²) < 4.78 is 22.3. The van der Waals surface area contributed by atoms with Gasteiger partial charge in [-0.15, -0.1) is 0 Å². The first-order valence-electron chi connectivity index (χ1n) is 5.83. The Balaban J connectivity index is 2.79. The van der Waals surface area contributed by atoms with Crippen LogP contribution in [-0.4, -0.2) is 37.8 Å². The number of amides is 1. The maximum atomic E-state index is 11.9. The fourth-order valence-electron chi connectivity index (χ4n) is 1.47. The predicted molar refractivity (Wildman–Crippen MR) is 73.6 cm³/mol. The summed E-state index contributed by atoms with van der Waals surface area (Å²) in [7, 11) is -3.08. The molecule has 1 aromatic rings. The smallest absolute Gasteiger partial charge is 0.251 e. The van der Waals surface area contributed by atoms with E-state index in [0.717, 1.165) is 6.26 Å². The van der Waals surface area contributed by atoms with Gasteiger partial charge in [0.15, 0.2) is 9.84 Å². The van der Waals surface area contributed by atoms with Crippen LogP contribution in [0.15, 0.2) is 24.3 Å². The van der Waals surface area contributed by atoms with Crippen molar-refractivity contribution < 1.29 is 18.3 Å². The second-order valence-corrected chi connectivity index (χ2v) is 7.40. The molecule has 1 amide bonds. The largest absolute Gasteiger partial charge is 0.394 e. The molecule has 0 spiro atoms. The molecule has 0 heterocycles. The number of nitrogens with one attached hydrogen (secondary N) is 1. The molecule has 1 aromatic carbocycles. The lowest BCUT2D eigenvalue weighted by molar-refractivity contribution is 0.0869. The highest BCUT2D eigenvalue weighted by atomic mass is 32.2. The predicted octanol–water partition coefficient (Wildman–Crippen LogP) is 0.732. The minimum absolute atomic E-state index is 0.0446. The zero-order valence-electron chi connectivity index (χ0n) is 11.3. The average molecular weight is 285 g/mol. The first kappa shape index (κ1) is 15.7. The Morgan fingerprint density at radius 2 is 1.79 bits per heavy atom. The summed E-state index contributed by atoms with van der Waals surface area (Å²) in [5.41, 5.74) is 0.377. The SMILES string of the molecule is CC(C)(CO)NC(=O)c1ccc(CS(C)(=O)=O)cc1. The van der Waals surface area contributed by atoms with Crippen molar-refractivity contribution in [2.75, 3.05) is 12.9 Å². The molecule has 0 aliphatic heterocycles. The van der Waals surface area contributed by atoms with Crippen LogP contribution in [0.5, 0.6) is 0 Å². The first-order chi connectivity index (χ1) is 8.63. The van der Waals surface area contributed by atoms with Crippen LogP contribution in [0.1, 0.15) is 29.8 Å². The highest BCUT2D eigenvalue weighted by Gasteiger charge is 2.19. The molecule has 106 valence electrons. The third kappa shape index (κ3) is 5.40. The van der Waals surface area contributed by atoms with Gasteiger partial charge in [-0.25, -0.2) is 8.42 Å². The molecular weight excluding hydrogens is 266 g/mol. The number of aliphatic hydroxyl groups is 1. The van der Waals surface area contributed by atoms with E-state index in [1.807, 2.05) is 0 Å². The summed E-state index contributed by atoms with van der Waals surface area (Å²) in [6, 6.07) is 6.37. The van der Waals surface area contributed by atoms with Gasteiger partial charge in [0.25, 0.3) is 5.91 Å². The zero-order chi connectivity index (χ0) is 14.7. The molecule has 19 heavy (non-hydrogen) atoms. The van der Waals surface area contributed by atoms with Gasteiger partial charge in [0.1, 0.15) is 0 Å². The molecule has 6 heteroatoms. The third-order valence-electron chi connectivity index (χ3n) is 2.49. The second kappa shape index (κ2) is 5.71. The molecule has 0 radical (unpaired) electrons. The summed E-state index contributed by atoms with van der Waals surface area (Å²) >= 11 is 0. The maximum Gasteiger partial charge on any atom is 0.251 e. The van der Waals surface area contributed by atoms with Crippen molar-refractivity contribution in [2.24, 2.45) is 0 Å². The van der Waals surface area contributed by atoms with Crippen molar-refractivity contribution in [3.63, 3.8) is 0 Å². The molecule has 2 N–H and O–H groups in total. The van der Waals surface area contributed by atoms with E-state index in [-0.39, 0.29) is 18.3 Å². The third-order valence-corrected chi connectivity index (χ3v) is 3.35. The van der Waals surface area contributed by atoms with E-state index in [1.165, 1.54) is 0 Å². The zero-order valence-corrected chi connectivity index (χ0v) is 12.1. The number of rotatable bonds is 5. The molecule has 0 aliphatic rings. The molecule has 0 fully saturated rings. The number of sulfone groups is 1. The lowest BCUT2D eigenvalue weighted by Crippen LogP contribution is -2.46. The molecule has 0 bridgehead atoms. The number of hydrogen-bond acceptors (Lipinski definition) is 4. The standard InChI is InChI=1S/C13H19NO4S/c1-13(2,9-15)14-12(16)11-6-4-10(5-7-11)8-19(3,17)18/h4-7,15H,8-9H2,1-3H3,(H,14,16). The van der Waals surface area contributed by atoms with E-state index in [9.17, 15) is 13.2 Å². The topological polar surface area (TPSA) is 83.5 Å². The Labute approximate surface area is 113 Å². The van der Waals surface area contributed by atoms with Gasteiger partial charge in [0.05, 0.1) is 17.9 Å². The van der Waals surface area contributed by atoms with E-state index in [2.05, 4.69) is 5.32 Å². The monoisotopic (exact) mass is 285 g/mol. The van der Waals surface area contributed by atoms with Crippen molar-refractivity contribution in [2.45, 2.75) is 25.1 Å². The van der Waals surface area contributed by atoms with Gasteiger partial charge in [-0.3, -0.25) is 4.79 Å². The van der Waals surface area contributed by atoms with Crippen molar-refractivity contribution >= 4 is 15.7 Å². The van der Waals surface area contributed by atoms with Crippen molar-refractivity contribution in [3.05, 3.63) is 35.4 Å². The Hall–Kier alpha value is -1.40. The van der Waals surface area contributed by atoms with Crippen molar-refractivity contribution in [1.29, 1.82) is 0 Å². The highest BCUT2D eigenvalue weighted by Crippen LogP contribution is 2.09. The minimum atomic E-state index is -3.08. The Kier molecular flexibility index (Phi) is 4.70. The van der Waals surface area contributed by atoms with Gasteiger partial charge in [0, 0.05) is 11.8 Å². The Bertz CT molecular complexity index is 547. The van der Waals surface area contributed by atoms with Crippen LogP contribution in [0.3, 0.4) is 0 Å². The van der Waals surface area contributed by atoms with Crippen LogP contribution in [0.4, 0.5) is 0 Å². The average Bonchev–Trinajstić information content (AvgIpc) is 2.27. The molecule has 0 aromatic heterocycles. The van der Waals surface area contributed by atoms with Gasteiger partial charge >= 0.3 is 0 Å². The molecular formula is C13H19NO4S. The summed E-state index contributed by atoms with van der Waals surface area (Å²) in [5, 5.41) is 11.8. The van der Waals surface area contributed by atoms with Gasteiger partial charge in [-0.2, -0.15) is 0 Å². The van der Waals surface area contributed by atoms with E-state index in [1.54, 1.807) is 38.1 Å². The molecule has 5 nitrogen and oxygen atoms in total. The second-order valence-electron chi connectivity index (χ2n) is 5.26. The summed E-state index contributed by atoms with van der Waals surface area (Å²) in [5.74, 6) is -0.346. The maximum absolute atomic E-state index is 11.9. The number of hydrogen-bond donors (Lipinski definition) is 2. The van der Waals surface area contributed by atoms with E-state index in [4.69, 9.17) is 5.11 Å². The molecule has 0 unspecified atom stereocenters. The van der Waals surface area contributed by atoms with Crippen LogP contribution in [0.25, 0.3) is 0 Å². The van der Waals surface area contributed by atoms with Crippen LogP contribution in [0, 0.1) is 0 Å². The molecule has 1 rings (SSSR count). The van der Waals surface area contributed by atoms with Gasteiger partial charge in [-0.1, -0.05) is 12.1 Å². The summed E-state index contributed by atoms with van der Waals surface area (Å²) in [4.78, 5) is 11.9. The summed E-state index contributed by atoms with van der Waals surface area (Å²) in [6.07, 6.45) is 1.16. The van der Waals surface area contributed by atoms with Crippen LogP contribution >= 0.6 is 0 Å². The number of carbonyl (C=O) groups is 1. The van der Waals surface area contributed by atoms with Crippen molar-refractivity contribution in [3.8, 4) is 0 Å². The lowest BCUT2D eigenvalue weighted by atomic mass is 10.1. The van der Waals surface area contributed by atoms with Crippen molar-refractivity contribution in [1.82, 2.24) is 5.32 Å². The Morgan fingerprint density at radius 3 is 2.21 bits per heavy atom. The van der Waals surface area contributed by atoms with E-state index < -0.39 is 15.4 Å². The quantitative estimate of drug-likeness (QED) is 0.835. The number of carbonyl (C=O) groups excluding carboxylic acids is 1. The fraction of sp³-hybridized carbons (Fsp3) is 0.462. The van der Waals surface area contributed by atoms with E-state index >= 15 is 0 Å². The van der Waals surface area contributed by atoms with E-state index in [0.29, 0.717) is 11.1 Å². The van der Waals surface area contributed by atoms with Crippen LogP contribution in [-0.2, 0) is 15.6 Å². The Morgan fingerprint density at radius 1 is 1.26 bits per heavy atom. The number of benzene rings is 1. The first-order valence-corrected chi connectivity index (χ1v) is 7.89. The minimum Gasteiger partial charge on any atom is -0.394 e. The normalized spacial score (nSPS) is 12.2. The molecule has 0 saturated carbocycles. The lowest BCUT2D eigenvalue weighted by Gasteiger charge is -2.23. The number of aliphatic hydroxyl groups excluding tert-OH is 1. The molecule has 0 saturated heterocycles. The molecule has 0 aliphatic carbocycles. The fourth-order valence-corrected chi connectivity index (χ4v) is 2.27. The van der Waals surface area contributed by atoms with Crippen LogP contribution in [0.2, 0.25) is 0 Å². The van der Waals surface area contributed by atoms with Crippen LogP contribution < -0.4 is 5.32 Å².